The van der Waals surface area contributed by atoms with Crippen molar-refractivity contribution in [3.63, 3.8) is 0 Å². The Morgan fingerprint density at radius 1 is 0.376 bits per heavy atom. The fourth-order valence-corrected chi connectivity index (χ4v) is 48.1. The van der Waals surface area contributed by atoms with Gasteiger partial charge in [-0.1, -0.05) is 90.0 Å². The first kappa shape index (κ1) is 87.2. The van der Waals surface area contributed by atoms with Crippen molar-refractivity contribution in [2.75, 3.05) is 26.4 Å². The van der Waals surface area contributed by atoms with E-state index in [4.69, 9.17) is 42.9 Å². The molecule has 30 nitrogen and oxygen atoms in total. The normalized spacial score (nSPS) is 57.1. The van der Waals surface area contributed by atoms with Crippen LogP contribution in [0, 0.1) is 138 Å². The number of carbonyl (C=O) groups excluding carboxylic acids is 2. The van der Waals surface area contributed by atoms with E-state index in [-0.39, 0.29) is 150 Å². The molecule has 0 amide bonds. The predicted octanol–water partition coefficient (Wildman–Crippen LogP) is 7.40. The van der Waals surface area contributed by atoms with Gasteiger partial charge in [-0.15, -0.1) is 0 Å². The van der Waals surface area contributed by atoms with Crippen molar-refractivity contribution in [3.05, 3.63) is 0 Å². The molecule has 8 heterocycles. The van der Waals surface area contributed by atoms with Crippen LogP contribution in [0.25, 0.3) is 0 Å². The van der Waals surface area contributed by atoms with Gasteiger partial charge >= 0.3 is 11.9 Å². The summed E-state index contributed by atoms with van der Waals surface area (Å²) in [6.45, 7) is 33.9. The van der Waals surface area contributed by atoms with E-state index in [1.54, 1.807) is 0 Å². The summed E-state index contributed by atoms with van der Waals surface area (Å²) < 4.78 is 240. The molecule has 39 unspecified atom stereocenters. The summed E-state index contributed by atoms with van der Waals surface area (Å²) in [5.74, 6) is 4.58. The molecule has 24 fully saturated rings. The molecular formula is C79H122O30S8. The molecule has 0 aromatic rings. The third-order valence-corrected chi connectivity index (χ3v) is 52.6. The molecule has 38 heteroatoms. The van der Waals surface area contributed by atoms with Gasteiger partial charge in [0.2, 0.25) is 0 Å². The van der Waals surface area contributed by atoms with E-state index in [2.05, 4.69) is 76.2 Å². The third-order valence-electron chi connectivity index (χ3n) is 38.0. The molecule has 0 spiro atoms. The van der Waals surface area contributed by atoms with Crippen molar-refractivity contribution >= 4 is 92.9 Å². The summed E-state index contributed by atoms with van der Waals surface area (Å²) in [7, 11) is -26.6. The number of hydrogen-bond acceptors (Lipinski definition) is 30. The molecule has 2 N–H and O–H groups in total. The second-order valence-corrected chi connectivity index (χ2v) is 57.5. The minimum absolute atomic E-state index is 0.0156. The van der Waals surface area contributed by atoms with Crippen molar-refractivity contribution in [2.24, 2.45) is 138 Å². The standard InChI is InChI=1S/C14H20O7S.C10H16O5S.2C10H16O3S.3C9H14O3S.C8H12O3S/c1-8-12-14(7-20-10(3)16)5-13(8,6-19-9(2)15)4-11(14)22(17,18)21-12;1-6-8-10(5-12)3-9(6,4-11)2-7(10)16(13,14)15-8;1-6-8-10(3)5-9(6,2)4-7(10)14(11,12)13-8;1-6-9(2)4-7-8(5-9)14(11,12)13-10(6,7)3;1-9(2)5-3-6-7(4-5)13(10,11)12-8(6)9;1-5-6-3-7-9(2,4-6)8(5)12-13(7,10)11;1-5-6-3-7-8(4-6)13(10,11)12-9(5,7)2;1-4-5-2-6-7(3-5)12(9,10)11-8(4)6/h8,11-12H,4-7H2,1-3H3;6-8,11-12H,2-5H2,1H3;2*6-8H,4-5H2,1-3H3;3*5-8H,3-4H2,1-2H3;4-8H,2-3H2,1H3. The second-order valence-electron chi connectivity index (χ2n) is 43.5. The zero-order valence-corrected chi connectivity index (χ0v) is 76.5. The first-order valence-corrected chi connectivity index (χ1v) is 54.2. The first-order chi connectivity index (χ1) is 53.6. The smallest absolute Gasteiger partial charge is 0.302 e. The van der Waals surface area contributed by atoms with Crippen molar-refractivity contribution in [1.82, 2.24) is 0 Å². The molecule has 0 aromatic heterocycles. The van der Waals surface area contributed by atoms with Crippen LogP contribution < -0.4 is 0 Å². The van der Waals surface area contributed by atoms with E-state index < -0.39 is 131 Å². The highest BCUT2D eigenvalue weighted by atomic mass is 32.3. The fourth-order valence-electron chi connectivity index (χ4n) is 30.9. The number of fused-ring (bicyclic) bond motifs is 8. The molecule has 39 atom stereocenters. The Morgan fingerprint density at radius 3 is 1.42 bits per heavy atom. The number of aliphatic hydroxyl groups is 2. The summed E-state index contributed by atoms with van der Waals surface area (Å²) in [6.07, 6.45) is 12.0. The average molecular weight is 1810 g/mol. The van der Waals surface area contributed by atoms with Gasteiger partial charge in [0.25, 0.3) is 80.9 Å². The minimum atomic E-state index is -3.68. The van der Waals surface area contributed by atoms with Gasteiger partial charge in [0.1, 0.15) is 6.61 Å². The summed E-state index contributed by atoms with van der Waals surface area (Å²) in [4.78, 5) is 22.3. The van der Waals surface area contributed by atoms with Crippen LogP contribution in [0.5, 0.6) is 0 Å². The first-order valence-electron chi connectivity index (χ1n) is 42.5. The lowest BCUT2D eigenvalue weighted by atomic mass is 9.71. The number of ether oxygens (including phenoxy) is 2. The van der Waals surface area contributed by atoms with Gasteiger partial charge in [-0.2, -0.15) is 67.3 Å². The van der Waals surface area contributed by atoms with E-state index in [1.807, 2.05) is 27.7 Å². The van der Waals surface area contributed by atoms with E-state index in [9.17, 15) is 87.1 Å². The van der Waals surface area contributed by atoms with E-state index in [1.165, 1.54) is 13.8 Å². The maximum Gasteiger partial charge on any atom is 0.302 e. The molecule has 0 aromatic carbocycles. The van der Waals surface area contributed by atoms with Crippen LogP contribution in [-0.4, -0.2) is 206 Å². The van der Waals surface area contributed by atoms with Gasteiger partial charge in [0.05, 0.1) is 108 Å². The van der Waals surface area contributed by atoms with Crippen molar-refractivity contribution in [2.45, 2.75) is 310 Å². The number of aliphatic hydroxyl groups excluding tert-OH is 2. The van der Waals surface area contributed by atoms with Crippen LogP contribution in [0.15, 0.2) is 0 Å². The maximum atomic E-state index is 12.3. The zero-order valence-electron chi connectivity index (χ0n) is 70.0. The van der Waals surface area contributed by atoms with Crippen molar-refractivity contribution in [1.29, 1.82) is 0 Å². The molecule has 24 rings (SSSR count). The Morgan fingerprint density at radius 2 is 0.897 bits per heavy atom. The fraction of sp³-hybridized carbons (Fsp3) is 0.975. The number of rotatable bonds is 6. The molecule has 0 radical (unpaired) electrons. The summed E-state index contributed by atoms with van der Waals surface area (Å²) in [5, 5.41) is 16.6. The monoisotopic (exact) mass is 1810 g/mol. The van der Waals surface area contributed by atoms with Crippen molar-refractivity contribution < 1.29 is 130 Å². The molecular weight excluding hydrogens is 1690 g/mol. The highest BCUT2D eigenvalue weighted by Crippen LogP contribution is 2.75. The van der Waals surface area contributed by atoms with Gasteiger partial charge in [-0.3, -0.25) is 43.1 Å². The lowest BCUT2D eigenvalue weighted by molar-refractivity contribution is -0.147. The van der Waals surface area contributed by atoms with Crippen LogP contribution >= 0.6 is 0 Å². The lowest BCUT2D eigenvalue weighted by Crippen LogP contribution is -2.45. The highest BCUT2D eigenvalue weighted by molar-refractivity contribution is 7.89. The molecule has 8 saturated heterocycles. The van der Waals surface area contributed by atoms with Gasteiger partial charge < -0.3 is 19.7 Å². The second kappa shape index (κ2) is 26.4. The molecule has 117 heavy (non-hydrogen) atoms. The number of carbonyl (C=O) groups is 2. The summed E-state index contributed by atoms with van der Waals surface area (Å²) >= 11 is 0. The summed E-state index contributed by atoms with van der Waals surface area (Å²) in [6, 6.07) is 0. The number of hydrogen-bond donors (Lipinski definition) is 2. The van der Waals surface area contributed by atoms with Crippen molar-refractivity contribution in [3.8, 4) is 0 Å². The SMILES string of the molecule is CC(=O)OCC12CC3C(COC(C)=O)(C1)C(OS3(=O)=O)C2C.CC1(C)C2CC3C1OS(=O)(=O)C3C2.CC1C2(C)CC3C(C2)S(=O)(=O)OC31C.CC1C2CC3C(C)(C2)C1OS3(=O)=O.CC1C2CC3C(C2)S(=O)(=O)OC13C.CC1C2CC3C1OS(=O)(=O)C3C2.CC1C2OS(=O)(=O)C3CC1(C)CC23C.CC1C2OS(=O)(=O)C3CC1(CO)CC23CO. The van der Waals surface area contributed by atoms with Gasteiger partial charge in [0, 0.05) is 71.2 Å². The number of esters is 2. The van der Waals surface area contributed by atoms with Crippen LogP contribution in [0.4, 0.5) is 0 Å². The average Bonchev–Trinajstić information content (AvgIpc) is 1.60. The molecule has 24 aliphatic rings. The Labute approximate surface area is 692 Å². The Bertz CT molecular complexity index is 5120. The van der Waals surface area contributed by atoms with E-state index in [0.717, 1.165) is 77.0 Å². The third kappa shape index (κ3) is 12.0. The van der Waals surface area contributed by atoms with Gasteiger partial charge in [-0.05, 0) is 198 Å². The molecule has 16 saturated carbocycles. The van der Waals surface area contributed by atoms with Crippen LogP contribution in [-0.2, 0) is 133 Å². The molecule has 16 aliphatic carbocycles. The van der Waals surface area contributed by atoms with Gasteiger partial charge in [-0.25, -0.2) is 0 Å². The van der Waals surface area contributed by atoms with E-state index >= 15 is 0 Å². The van der Waals surface area contributed by atoms with Crippen LogP contribution in [0.2, 0.25) is 0 Å². The van der Waals surface area contributed by atoms with Gasteiger partial charge in [0.15, 0.2) is 0 Å². The largest absolute Gasteiger partial charge is 0.465 e. The van der Waals surface area contributed by atoms with Crippen LogP contribution in [0.1, 0.15) is 220 Å². The summed E-state index contributed by atoms with van der Waals surface area (Å²) in [5.41, 5.74) is -2.68. The minimum Gasteiger partial charge on any atom is -0.465 e. The maximum absolute atomic E-state index is 12.3. The quantitative estimate of drug-likeness (QED) is 0.193. The molecule has 666 valence electrons. The highest BCUT2D eigenvalue weighted by Gasteiger charge is 2.81. The molecule has 8 aliphatic heterocycles. The van der Waals surface area contributed by atoms with E-state index in [0.29, 0.717) is 90.8 Å². The Kier molecular flexibility index (Phi) is 19.7. The lowest BCUT2D eigenvalue weighted by Gasteiger charge is -2.36. The molecule has 16 bridgehead atoms. The zero-order chi connectivity index (χ0) is 85.6. The van der Waals surface area contributed by atoms with Crippen LogP contribution in [0.3, 0.4) is 0 Å². The topological polar surface area (TPSA) is 440 Å². The predicted molar refractivity (Wildman–Crippen MR) is 419 cm³/mol. The Balaban J connectivity index is 0.0000000966. The Hall–Kier alpha value is -1.86.